The van der Waals surface area contributed by atoms with Crippen LogP contribution in [-0.4, -0.2) is 46.5 Å². The number of aromatic nitrogens is 7. The van der Waals surface area contributed by atoms with Gasteiger partial charge in [-0.15, -0.1) is 0 Å². The molecule has 7 aromatic rings. The Labute approximate surface area is 229 Å². The maximum absolute atomic E-state index is 10.6. The van der Waals surface area contributed by atoms with Crippen molar-refractivity contribution in [2.24, 2.45) is 0 Å². The lowest BCUT2D eigenvalue weighted by molar-refractivity contribution is 0.204. The van der Waals surface area contributed by atoms with E-state index in [1.54, 1.807) is 31.0 Å². The van der Waals surface area contributed by atoms with Crippen LogP contribution in [0.3, 0.4) is 0 Å². The summed E-state index contributed by atoms with van der Waals surface area (Å²) >= 11 is 0. The Morgan fingerprint density at radius 1 is 0.800 bits per heavy atom. The summed E-state index contributed by atoms with van der Waals surface area (Å²) in [6.45, 7) is 0. The van der Waals surface area contributed by atoms with Gasteiger partial charge < -0.3 is 15.4 Å². The quantitative estimate of drug-likeness (QED) is 0.200. The van der Waals surface area contributed by atoms with E-state index in [2.05, 4.69) is 46.5 Å². The van der Waals surface area contributed by atoms with Gasteiger partial charge in [-0.05, 0) is 42.0 Å². The number of fused-ring (bicyclic) bond motifs is 2. The molecule has 9 heteroatoms. The average molecular weight is 525 g/mol. The zero-order valence-corrected chi connectivity index (χ0v) is 21.3. The molecule has 7 rings (SSSR count). The molecule has 40 heavy (non-hydrogen) atoms. The van der Waals surface area contributed by atoms with Crippen LogP contribution in [0.4, 0.5) is 5.69 Å². The lowest BCUT2D eigenvalue weighted by Gasteiger charge is -2.14. The van der Waals surface area contributed by atoms with Gasteiger partial charge in [0.2, 0.25) is 0 Å². The van der Waals surface area contributed by atoms with Crippen molar-refractivity contribution in [1.29, 1.82) is 0 Å². The van der Waals surface area contributed by atoms with Gasteiger partial charge in [0.1, 0.15) is 17.6 Å². The summed E-state index contributed by atoms with van der Waals surface area (Å²) in [6, 6.07) is 23.7. The number of pyridine rings is 4. The van der Waals surface area contributed by atoms with E-state index in [0.29, 0.717) is 12.1 Å². The predicted molar refractivity (Wildman–Crippen MR) is 155 cm³/mol. The van der Waals surface area contributed by atoms with E-state index < -0.39 is 6.23 Å². The number of H-pyrrole nitrogens is 2. The Kier molecular flexibility index (Phi) is 5.95. The van der Waals surface area contributed by atoms with Crippen molar-refractivity contribution in [2.45, 2.75) is 12.6 Å². The highest BCUT2D eigenvalue weighted by atomic mass is 16.3. The molecule has 0 bridgehead atoms. The predicted octanol–water partition coefficient (Wildman–Crippen LogP) is 5.60. The molecule has 0 radical (unpaired) electrons. The molecular weight excluding hydrogens is 500 g/mol. The molecule has 6 heterocycles. The number of nitrogens with one attached hydrogen (secondary N) is 3. The highest BCUT2D eigenvalue weighted by Gasteiger charge is 2.16. The zero-order valence-electron chi connectivity index (χ0n) is 21.3. The molecule has 0 aliphatic rings. The van der Waals surface area contributed by atoms with Gasteiger partial charge in [-0.2, -0.15) is 5.10 Å². The minimum Gasteiger partial charge on any atom is -0.373 e. The van der Waals surface area contributed by atoms with E-state index in [1.165, 1.54) is 0 Å². The van der Waals surface area contributed by atoms with Gasteiger partial charge in [0.25, 0.3) is 0 Å². The highest BCUT2D eigenvalue weighted by molar-refractivity contribution is 5.99. The summed E-state index contributed by atoms with van der Waals surface area (Å²) in [7, 11) is 0. The van der Waals surface area contributed by atoms with Crippen molar-refractivity contribution in [2.75, 3.05) is 5.32 Å². The molecule has 6 aromatic heterocycles. The number of rotatable bonds is 7. The first-order valence-electron chi connectivity index (χ1n) is 12.9. The SMILES string of the molecule is OC(Cc1ccccc1)Nc1cncc(-c2cc3c(-c4cc5c(-c6ccccn6)ccnc5[nH]4)n[nH]c3cn2)c1. The van der Waals surface area contributed by atoms with E-state index in [0.717, 1.165) is 61.4 Å². The number of hydrogen-bond acceptors (Lipinski definition) is 7. The molecule has 0 spiro atoms. The van der Waals surface area contributed by atoms with Gasteiger partial charge in [0.05, 0.1) is 40.7 Å². The normalized spacial score (nSPS) is 12.1. The Balaban J connectivity index is 1.21. The van der Waals surface area contributed by atoms with Crippen LogP contribution in [0.25, 0.3) is 55.8 Å². The molecule has 0 saturated heterocycles. The van der Waals surface area contributed by atoms with Crippen molar-refractivity contribution >= 4 is 27.6 Å². The number of hydrogen-bond donors (Lipinski definition) is 4. The van der Waals surface area contributed by atoms with Crippen molar-refractivity contribution < 1.29 is 5.11 Å². The molecule has 194 valence electrons. The van der Waals surface area contributed by atoms with Crippen molar-refractivity contribution in [3.8, 4) is 33.9 Å². The third kappa shape index (κ3) is 4.55. The molecule has 9 nitrogen and oxygen atoms in total. The van der Waals surface area contributed by atoms with Gasteiger partial charge in [-0.25, -0.2) is 4.98 Å². The Hall–Kier alpha value is -5.41. The van der Waals surface area contributed by atoms with Gasteiger partial charge in [-0.1, -0.05) is 36.4 Å². The fraction of sp³-hybridized carbons (Fsp3) is 0.0645. The molecule has 4 N–H and O–H groups in total. The number of aliphatic hydroxyl groups is 1. The molecule has 0 aliphatic heterocycles. The summed E-state index contributed by atoms with van der Waals surface area (Å²) in [5, 5.41) is 23.3. The maximum atomic E-state index is 10.6. The molecule has 1 atom stereocenters. The van der Waals surface area contributed by atoms with Crippen LogP contribution >= 0.6 is 0 Å². The molecule has 1 unspecified atom stereocenters. The summed E-state index contributed by atoms with van der Waals surface area (Å²) < 4.78 is 0. The molecular formula is C31H24N8O. The second-order valence-electron chi connectivity index (χ2n) is 9.52. The molecule has 0 aliphatic carbocycles. The smallest absolute Gasteiger partial charge is 0.138 e. The van der Waals surface area contributed by atoms with Gasteiger partial charge >= 0.3 is 0 Å². The minimum atomic E-state index is -0.748. The van der Waals surface area contributed by atoms with Crippen LogP contribution in [-0.2, 0) is 6.42 Å². The third-order valence-corrected chi connectivity index (χ3v) is 6.81. The molecule has 1 aromatic carbocycles. The van der Waals surface area contributed by atoms with Crippen LogP contribution in [0.5, 0.6) is 0 Å². The van der Waals surface area contributed by atoms with Crippen molar-refractivity contribution in [3.05, 3.63) is 109 Å². The minimum absolute atomic E-state index is 0.481. The maximum Gasteiger partial charge on any atom is 0.138 e. The fourth-order valence-corrected chi connectivity index (χ4v) is 4.92. The van der Waals surface area contributed by atoms with Crippen LogP contribution in [0.1, 0.15) is 5.56 Å². The highest BCUT2D eigenvalue weighted by Crippen LogP contribution is 2.33. The summed E-state index contributed by atoms with van der Waals surface area (Å²) in [4.78, 5) is 21.5. The molecule has 0 fully saturated rings. The number of benzene rings is 1. The summed E-state index contributed by atoms with van der Waals surface area (Å²) in [6.07, 6.45) is 8.52. The number of anilines is 1. The van der Waals surface area contributed by atoms with E-state index in [1.807, 2.05) is 66.7 Å². The van der Waals surface area contributed by atoms with Gasteiger partial charge in [-0.3, -0.25) is 20.1 Å². The standard InChI is InChI=1S/C31H24N8O/c40-29(12-19-6-2-1-3-7-19)36-21-13-20(16-32-17-21)26-15-24-28(18-35-26)38-39-30(24)27-14-23-22(9-11-34-31(23)37-27)25-8-4-5-10-33-25/h1-11,13-18,29,36,40H,12H2,(H,34,37)(H,38,39). The third-order valence-electron chi connectivity index (χ3n) is 6.81. The van der Waals surface area contributed by atoms with Crippen molar-refractivity contribution in [1.82, 2.24) is 35.1 Å². The Morgan fingerprint density at radius 3 is 2.58 bits per heavy atom. The van der Waals surface area contributed by atoms with Crippen LogP contribution in [0.2, 0.25) is 0 Å². The largest absolute Gasteiger partial charge is 0.373 e. The second-order valence-corrected chi connectivity index (χ2v) is 9.52. The first-order chi connectivity index (χ1) is 19.7. The van der Waals surface area contributed by atoms with Crippen molar-refractivity contribution in [3.63, 3.8) is 0 Å². The van der Waals surface area contributed by atoms with E-state index in [9.17, 15) is 5.11 Å². The summed E-state index contributed by atoms with van der Waals surface area (Å²) in [5.41, 5.74) is 8.39. The number of nitrogens with zero attached hydrogens (tertiary/aromatic N) is 5. The fourth-order valence-electron chi connectivity index (χ4n) is 4.92. The zero-order chi connectivity index (χ0) is 26.9. The monoisotopic (exact) mass is 524 g/mol. The number of aliphatic hydroxyl groups excluding tert-OH is 1. The first kappa shape index (κ1) is 23.7. The van der Waals surface area contributed by atoms with E-state index >= 15 is 0 Å². The Bertz CT molecular complexity index is 1930. The van der Waals surface area contributed by atoms with Crippen LogP contribution in [0.15, 0.2) is 104 Å². The Morgan fingerprint density at radius 2 is 1.70 bits per heavy atom. The summed E-state index contributed by atoms with van der Waals surface area (Å²) in [5.74, 6) is 0. The molecule has 0 amide bonds. The lowest BCUT2D eigenvalue weighted by atomic mass is 10.1. The molecule has 0 saturated carbocycles. The van der Waals surface area contributed by atoms with Gasteiger partial charge in [0.15, 0.2) is 0 Å². The number of aromatic amines is 2. The second kappa shape index (κ2) is 10.0. The van der Waals surface area contributed by atoms with Crippen LogP contribution < -0.4 is 5.32 Å². The lowest BCUT2D eigenvalue weighted by Crippen LogP contribution is -2.21. The topological polar surface area (TPSA) is 128 Å². The average Bonchev–Trinajstić information content (AvgIpc) is 3.62. The first-order valence-corrected chi connectivity index (χ1v) is 12.9. The van der Waals surface area contributed by atoms with Crippen LogP contribution in [0, 0.1) is 0 Å². The van der Waals surface area contributed by atoms with Gasteiger partial charge in [0, 0.05) is 46.9 Å². The van der Waals surface area contributed by atoms with E-state index in [-0.39, 0.29) is 0 Å². The van der Waals surface area contributed by atoms with E-state index in [4.69, 9.17) is 0 Å².